The summed E-state index contributed by atoms with van der Waals surface area (Å²) in [5.41, 5.74) is -0.0127. The van der Waals surface area contributed by atoms with Crippen molar-refractivity contribution in [3.63, 3.8) is 0 Å². The molecule has 1 amide bonds. The molecule has 1 aliphatic rings. The highest BCUT2D eigenvalue weighted by molar-refractivity contribution is 5.78. The second-order valence-electron chi connectivity index (χ2n) is 5.04. The minimum Gasteiger partial charge on any atom is -0.376 e. The molecule has 0 aromatic carbocycles. The predicted octanol–water partition coefficient (Wildman–Crippen LogP) is 0.670. The Morgan fingerprint density at radius 3 is 2.73 bits per heavy atom. The molecule has 0 radical (unpaired) electrons. The average molecular weight is 214 g/mol. The van der Waals surface area contributed by atoms with Gasteiger partial charge in [0.15, 0.2) is 0 Å². The molecule has 1 aliphatic heterocycles. The Morgan fingerprint density at radius 2 is 2.20 bits per heavy atom. The summed E-state index contributed by atoms with van der Waals surface area (Å²) in [6.07, 6.45) is 2.40. The van der Waals surface area contributed by atoms with Crippen LogP contribution in [0, 0.1) is 0 Å². The molecule has 0 saturated carbocycles. The highest BCUT2D eigenvalue weighted by Crippen LogP contribution is 2.10. The Labute approximate surface area is 91.8 Å². The molecule has 1 saturated heterocycles. The van der Waals surface area contributed by atoms with Crippen LogP contribution in [0.5, 0.6) is 0 Å². The summed E-state index contributed by atoms with van der Waals surface area (Å²) in [7, 11) is 0. The zero-order valence-electron chi connectivity index (χ0n) is 9.93. The quantitative estimate of drug-likeness (QED) is 0.723. The first kappa shape index (κ1) is 12.5. The van der Waals surface area contributed by atoms with E-state index in [-0.39, 0.29) is 17.6 Å². The monoisotopic (exact) mass is 214 g/mol. The third-order valence-electron chi connectivity index (χ3n) is 2.33. The molecule has 0 aliphatic carbocycles. The Morgan fingerprint density at radius 1 is 1.47 bits per heavy atom. The zero-order valence-corrected chi connectivity index (χ0v) is 9.93. The van der Waals surface area contributed by atoms with Crippen molar-refractivity contribution in [1.82, 2.24) is 10.6 Å². The molecular formula is C11H22N2O2. The van der Waals surface area contributed by atoms with E-state index in [1.54, 1.807) is 0 Å². The van der Waals surface area contributed by atoms with Crippen molar-refractivity contribution in [2.45, 2.75) is 45.3 Å². The molecule has 0 bridgehead atoms. The van der Waals surface area contributed by atoms with Crippen LogP contribution in [0.3, 0.4) is 0 Å². The molecule has 0 aromatic rings. The maximum Gasteiger partial charge on any atom is 0.234 e. The Kier molecular flexibility index (Phi) is 4.54. The molecule has 15 heavy (non-hydrogen) atoms. The van der Waals surface area contributed by atoms with E-state index >= 15 is 0 Å². The van der Waals surface area contributed by atoms with Crippen LogP contribution in [-0.2, 0) is 9.53 Å². The lowest BCUT2D eigenvalue weighted by Gasteiger charge is -2.20. The first-order chi connectivity index (χ1) is 6.97. The van der Waals surface area contributed by atoms with E-state index in [4.69, 9.17) is 4.74 Å². The number of carbonyl (C=O) groups excluding carboxylic acids is 1. The van der Waals surface area contributed by atoms with E-state index in [2.05, 4.69) is 10.6 Å². The largest absolute Gasteiger partial charge is 0.376 e. The first-order valence-electron chi connectivity index (χ1n) is 5.61. The molecule has 1 atom stereocenters. The van der Waals surface area contributed by atoms with Gasteiger partial charge in [0.2, 0.25) is 5.91 Å². The maximum atomic E-state index is 11.4. The highest BCUT2D eigenvalue weighted by Gasteiger charge is 2.16. The van der Waals surface area contributed by atoms with Crippen molar-refractivity contribution < 1.29 is 9.53 Å². The molecular weight excluding hydrogens is 192 g/mol. The molecule has 4 nitrogen and oxygen atoms in total. The van der Waals surface area contributed by atoms with Crippen molar-refractivity contribution in [2.24, 2.45) is 0 Å². The summed E-state index contributed by atoms with van der Waals surface area (Å²) in [5.74, 6) is 0.0421. The van der Waals surface area contributed by atoms with Gasteiger partial charge < -0.3 is 15.4 Å². The van der Waals surface area contributed by atoms with Crippen molar-refractivity contribution in [3.05, 3.63) is 0 Å². The lowest BCUT2D eigenvalue weighted by Crippen LogP contribution is -2.44. The summed E-state index contributed by atoms with van der Waals surface area (Å²) in [6, 6.07) is 0. The Hall–Kier alpha value is -0.610. The van der Waals surface area contributed by atoms with Gasteiger partial charge in [-0.2, -0.15) is 0 Å². The molecule has 1 heterocycles. The SMILES string of the molecule is CC(C)(C)NCC(=O)NCC1CCCO1. The predicted molar refractivity (Wildman–Crippen MR) is 59.7 cm³/mol. The molecule has 4 heteroatoms. The molecule has 0 spiro atoms. The van der Waals surface area contributed by atoms with Crippen LogP contribution in [-0.4, -0.2) is 37.2 Å². The van der Waals surface area contributed by atoms with E-state index in [0.29, 0.717) is 13.1 Å². The van der Waals surface area contributed by atoms with E-state index in [0.717, 1.165) is 19.4 Å². The van der Waals surface area contributed by atoms with E-state index in [9.17, 15) is 4.79 Å². The zero-order chi connectivity index (χ0) is 11.3. The minimum atomic E-state index is -0.0127. The van der Waals surface area contributed by atoms with Crippen molar-refractivity contribution in [1.29, 1.82) is 0 Å². The van der Waals surface area contributed by atoms with E-state index in [1.165, 1.54) is 0 Å². The number of hydrogen-bond donors (Lipinski definition) is 2. The van der Waals surface area contributed by atoms with Gasteiger partial charge in [-0.1, -0.05) is 0 Å². The number of rotatable bonds is 4. The molecule has 1 rings (SSSR count). The number of amides is 1. The van der Waals surface area contributed by atoms with E-state index in [1.807, 2.05) is 20.8 Å². The van der Waals surface area contributed by atoms with Crippen LogP contribution in [0.4, 0.5) is 0 Å². The van der Waals surface area contributed by atoms with Crippen molar-refractivity contribution >= 4 is 5.91 Å². The Balaban J connectivity index is 2.08. The van der Waals surface area contributed by atoms with Gasteiger partial charge >= 0.3 is 0 Å². The number of ether oxygens (including phenoxy) is 1. The average Bonchev–Trinajstić information content (AvgIpc) is 2.62. The third-order valence-corrected chi connectivity index (χ3v) is 2.33. The number of hydrogen-bond acceptors (Lipinski definition) is 3. The van der Waals surface area contributed by atoms with Gasteiger partial charge in [0.1, 0.15) is 0 Å². The number of nitrogens with one attached hydrogen (secondary N) is 2. The van der Waals surface area contributed by atoms with E-state index < -0.39 is 0 Å². The van der Waals surface area contributed by atoms with Crippen LogP contribution in [0.1, 0.15) is 33.6 Å². The molecule has 1 unspecified atom stereocenters. The highest BCUT2D eigenvalue weighted by atomic mass is 16.5. The van der Waals surface area contributed by atoms with Crippen LogP contribution in [0.25, 0.3) is 0 Å². The van der Waals surface area contributed by atoms with Crippen LogP contribution in [0.2, 0.25) is 0 Å². The Bertz CT molecular complexity index is 205. The first-order valence-corrected chi connectivity index (χ1v) is 5.61. The minimum absolute atomic E-state index is 0.0127. The molecule has 88 valence electrons. The van der Waals surface area contributed by atoms with Crippen LogP contribution in [0.15, 0.2) is 0 Å². The lowest BCUT2D eigenvalue weighted by molar-refractivity contribution is -0.121. The fraction of sp³-hybridized carbons (Fsp3) is 0.909. The van der Waals surface area contributed by atoms with Gasteiger partial charge in [-0.25, -0.2) is 0 Å². The summed E-state index contributed by atoms with van der Waals surface area (Å²) in [5, 5.41) is 6.01. The fourth-order valence-electron chi connectivity index (χ4n) is 1.44. The maximum absolute atomic E-state index is 11.4. The normalized spacial score (nSPS) is 21.7. The van der Waals surface area contributed by atoms with Gasteiger partial charge in [-0.15, -0.1) is 0 Å². The topological polar surface area (TPSA) is 50.4 Å². The summed E-state index contributed by atoms with van der Waals surface area (Å²) < 4.78 is 5.41. The van der Waals surface area contributed by atoms with Gasteiger partial charge in [0.25, 0.3) is 0 Å². The van der Waals surface area contributed by atoms with Gasteiger partial charge in [-0.05, 0) is 33.6 Å². The van der Waals surface area contributed by atoms with Gasteiger partial charge in [0, 0.05) is 18.7 Å². The second kappa shape index (κ2) is 5.47. The van der Waals surface area contributed by atoms with Gasteiger partial charge in [-0.3, -0.25) is 4.79 Å². The summed E-state index contributed by atoms with van der Waals surface area (Å²) in [4.78, 5) is 11.4. The van der Waals surface area contributed by atoms with Crippen LogP contribution < -0.4 is 10.6 Å². The van der Waals surface area contributed by atoms with Crippen molar-refractivity contribution in [2.75, 3.05) is 19.7 Å². The van der Waals surface area contributed by atoms with Gasteiger partial charge in [0.05, 0.1) is 12.6 Å². The fourth-order valence-corrected chi connectivity index (χ4v) is 1.44. The smallest absolute Gasteiger partial charge is 0.234 e. The van der Waals surface area contributed by atoms with Crippen LogP contribution >= 0.6 is 0 Å². The molecule has 2 N–H and O–H groups in total. The summed E-state index contributed by atoms with van der Waals surface area (Å²) >= 11 is 0. The standard InChI is InChI=1S/C11H22N2O2/c1-11(2,3)13-8-10(14)12-7-9-5-4-6-15-9/h9,13H,4-8H2,1-3H3,(H,12,14). The lowest BCUT2D eigenvalue weighted by atomic mass is 10.1. The second-order valence-corrected chi connectivity index (χ2v) is 5.04. The van der Waals surface area contributed by atoms with Crippen molar-refractivity contribution in [3.8, 4) is 0 Å². The third kappa shape index (κ3) is 5.74. The summed E-state index contributed by atoms with van der Waals surface area (Å²) in [6.45, 7) is 7.97. The molecule has 0 aromatic heterocycles. The molecule has 1 fully saturated rings. The number of carbonyl (C=O) groups is 1.